The average molecular weight is 236 g/mol. The van der Waals surface area contributed by atoms with Crippen molar-refractivity contribution < 1.29 is 0 Å². The highest BCUT2D eigenvalue weighted by Crippen LogP contribution is 2.45. The van der Waals surface area contributed by atoms with Crippen LogP contribution in [0.15, 0.2) is 24.8 Å². The topological polar surface area (TPSA) is 51.6 Å². The summed E-state index contributed by atoms with van der Waals surface area (Å²) in [5.41, 5.74) is 6.26. The molecule has 1 saturated carbocycles. The van der Waals surface area contributed by atoms with Crippen molar-refractivity contribution in [2.45, 2.75) is 25.7 Å². The second-order valence-electron chi connectivity index (χ2n) is 4.82. The zero-order valence-electron chi connectivity index (χ0n) is 10.1. The Bertz CT molecular complexity index is 705. The van der Waals surface area contributed by atoms with Crippen molar-refractivity contribution in [1.82, 2.24) is 19.9 Å². The molecule has 4 heteroatoms. The number of benzene rings is 1. The maximum Gasteiger partial charge on any atom is 0.0947 e. The summed E-state index contributed by atoms with van der Waals surface area (Å²) in [6, 6.07) is 0. The Labute approximate surface area is 104 Å². The zero-order chi connectivity index (χ0) is 12.1. The molecule has 0 aliphatic heterocycles. The first kappa shape index (κ1) is 9.88. The number of nitrogens with zero attached hydrogens (tertiary/aromatic N) is 4. The second-order valence-corrected chi connectivity index (χ2v) is 4.82. The first-order chi connectivity index (χ1) is 8.86. The van der Waals surface area contributed by atoms with Crippen molar-refractivity contribution in [2.75, 3.05) is 0 Å². The standard InChI is InChI=1S/C14H12N4/c1-8-11-13(17-6-4-15-11)10(9-2-3-9)14-12(8)16-5-7-18-14/h4-7,9H,2-3H2,1H3. The summed E-state index contributed by atoms with van der Waals surface area (Å²) < 4.78 is 0. The zero-order valence-corrected chi connectivity index (χ0v) is 10.1. The number of fused-ring (bicyclic) bond motifs is 2. The third-order valence-corrected chi connectivity index (χ3v) is 3.60. The molecule has 88 valence electrons. The Balaban J connectivity index is 2.28. The van der Waals surface area contributed by atoms with Crippen LogP contribution in [0.3, 0.4) is 0 Å². The van der Waals surface area contributed by atoms with Gasteiger partial charge < -0.3 is 0 Å². The largest absolute Gasteiger partial charge is 0.253 e. The van der Waals surface area contributed by atoms with Crippen LogP contribution in [0.1, 0.15) is 29.9 Å². The monoisotopic (exact) mass is 236 g/mol. The van der Waals surface area contributed by atoms with Crippen LogP contribution in [0, 0.1) is 6.92 Å². The Morgan fingerprint density at radius 1 is 0.778 bits per heavy atom. The van der Waals surface area contributed by atoms with E-state index >= 15 is 0 Å². The van der Waals surface area contributed by atoms with Crippen LogP contribution in [0.5, 0.6) is 0 Å². The molecule has 2 aromatic heterocycles. The van der Waals surface area contributed by atoms with Crippen molar-refractivity contribution in [3.8, 4) is 0 Å². The van der Waals surface area contributed by atoms with Gasteiger partial charge in [-0.3, -0.25) is 19.9 Å². The quantitative estimate of drug-likeness (QED) is 0.609. The summed E-state index contributed by atoms with van der Waals surface area (Å²) in [6.45, 7) is 2.05. The van der Waals surface area contributed by atoms with Crippen molar-refractivity contribution >= 4 is 22.1 Å². The Kier molecular flexibility index (Phi) is 1.89. The summed E-state index contributed by atoms with van der Waals surface area (Å²) >= 11 is 0. The highest BCUT2D eigenvalue weighted by atomic mass is 14.8. The molecule has 4 nitrogen and oxygen atoms in total. The van der Waals surface area contributed by atoms with Crippen molar-refractivity contribution in [3.05, 3.63) is 35.9 Å². The minimum atomic E-state index is 0.587. The minimum Gasteiger partial charge on any atom is -0.253 e. The summed E-state index contributed by atoms with van der Waals surface area (Å²) in [5.74, 6) is 0.587. The summed E-state index contributed by atoms with van der Waals surface area (Å²) in [7, 11) is 0. The maximum absolute atomic E-state index is 4.52. The van der Waals surface area contributed by atoms with Gasteiger partial charge in [0.15, 0.2) is 0 Å². The van der Waals surface area contributed by atoms with Gasteiger partial charge in [0.1, 0.15) is 0 Å². The van der Waals surface area contributed by atoms with Gasteiger partial charge in [0.05, 0.1) is 22.1 Å². The van der Waals surface area contributed by atoms with E-state index in [1.165, 1.54) is 18.4 Å². The number of hydrogen-bond acceptors (Lipinski definition) is 4. The lowest BCUT2D eigenvalue weighted by molar-refractivity contribution is 1.12. The lowest BCUT2D eigenvalue weighted by atomic mass is 10.0. The Hall–Kier alpha value is -2.10. The summed E-state index contributed by atoms with van der Waals surface area (Å²) in [5, 5.41) is 0. The predicted molar refractivity (Wildman–Crippen MR) is 69.3 cm³/mol. The molecular weight excluding hydrogens is 224 g/mol. The van der Waals surface area contributed by atoms with Crippen LogP contribution in [0.4, 0.5) is 0 Å². The number of aryl methyl sites for hydroxylation is 1. The van der Waals surface area contributed by atoms with E-state index in [-0.39, 0.29) is 0 Å². The van der Waals surface area contributed by atoms with E-state index in [4.69, 9.17) is 0 Å². The summed E-state index contributed by atoms with van der Waals surface area (Å²) in [4.78, 5) is 18.0. The van der Waals surface area contributed by atoms with Crippen molar-refractivity contribution in [1.29, 1.82) is 0 Å². The molecule has 1 fully saturated rings. The molecule has 0 amide bonds. The van der Waals surface area contributed by atoms with E-state index in [0.717, 1.165) is 27.6 Å². The number of rotatable bonds is 1. The molecule has 0 bridgehead atoms. The normalized spacial score (nSPS) is 15.4. The molecule has 1 aliphatic rings. The van der Waals surface area contributed by atoms with E-state index in [1.807, 2.05) is 6.92 Å². The van der Waals surface area contributed by atoms with Gasteiger partial charge in [-0.15, -0.1) is 0 Å². The van der Waals surface area contributed by atoms with Gasteiger partial charge in [0.2, 0.25) is 0 Å². The number of hydrogen-bond donors (Lipinski definition) is 0. The molecule has 0 spiro atoms. The molecule has 1 aliphatic carbocycles. The third kappa shape index (κ3) is 1.26. The summed E-state index contributed by atoms with van der Waals surface area (Å²) in [6.07, 6.45) is 9.45. The lowest BCUT2D eigenvalue weighted by Crippen LogP contribution is -1.98. The van der Waals surface area contributed by atoms with Gasteiger partial charge in [-0.05, 0) is 25.7 Å². The molecule has 1 aromatic carbocycles. The molecule has 0 atom stereocenters. The SMILES string of the molecule is Cc1c2nccnc2c(C2CC2)c2nccnc12. The van der Waals surface area contributed by atoms with Crippen LogP contribution in [-0.4, -0.2) is 19.9 Å². The number of aromatic nitrogens is 4. The average Bonchev–Trinajstić information content (AvgIpc) is 3.24. The molecule has 4 rings (SSSR count). The van der Waals surface area contributed by atoms with E-state index in [1.54, 1.807) is 24.8 Å². The van der Waals surface area contributed by atoms with E-state index in [0.29, 0.717) is 5.92 Å². The first-order valence-corrected chi connectivity index (χ1v) is 6.20. The Morgan fingerprint density at radius 3 is 1.67 bits per heavy atom. The van der Waals surface area contributed by atoms with Crippen LogP contribution in [0.25, 0.3) is 22.1 Å². The smallest absolute Gasteiger partial charge is 0.0947 e. The van der Waals surface area contributed by atoms with Crippen molar-refractivity contribution in [2.24, 2.45) is 0 Å². The molecule has 3 aromatic rings. The highest BCUT2D eigenvalue weighted by Gasteiger charge is 2.30. The fourth-order valence-corrected chi connectivity index (χ4v) is 2.60. The maximum atomic E-state index is 4.52. The van der Waals surface area contributed by atoms with Crippen LogP contribution in [-0.2, 0) is 0 Å². The molecule has 2 heterocycles. The van der Waals surface area contributed by atoms with Gasteiger partial charge in [-0.1, -0.05) is 0 Å². The molecule has 0 N–H and O–H groups in total. The van der Waals surface area contributed by atoms with E-state index in [2.05, 4.69) is 19.9 Å². The Morgan fingerprint density at radius 2 is 1.22 bits per heavy atom. The minimum absolute atomic E-state index is 0.587. The molecule has 0 radical (unpaired) electrons. The molecular formula is C14H12N4. The van der Waals surface area contributed by atoms with Gasteiger partial charge in [0, 0.05) is 35.9 Å². The van der Waals surface area contributed by atoms with Gasteiger partial charge >= 0.3 is 0 Å². The highest BCUT2D eigenvalue weighted by molar-refractivity contribution is 5.99. The van der Waals surface area contributed by atoms with Gasteiger partial charge in [-0.2, -0.15) is 0 Å². The van der Waals surface area contributed by atoms with Gasteiger partial charge in [-0.25, -0.2) is 0 Å². The lowest BCUT2D eigenvalue weighted by Gasteiger charge is -2.10. The second kappa shape index (κ2) is 3.45. The van der Waals surface area contributed by atoms with Gasteiger partial charge in [0.25, 0.3) is 0 Å². The fourth-order valence-electron chi connectivity index (χ4n) is 2.60. The first-order valence-electron chi connectivity index (χ1n) is 6.20. The molecule has 18 heavy (non-hydrogen) atoms. The third-order valence-electron chi connectivity index (χ3n) is 3.60. The van der Waals surface area contributed by atoms with E-state index < -0.39 is 0 Å². The van der Waals surface area contributed by atoms with Crippen molar-refractivity contribution in [3.63, 3.8) is 0 Å². The van der Waals surface area contributed by atoms with Crippen LogP contribution < -0.4 is 0 Å². The molecule has 0 saturated heterocycles. The predicted octanol–water partition coefficient (Wildman–Crippen LogP) is 2.76. The van der Waals surface area contributed by atoms with Crippen LogP contribution in [0.2, 0.25) is 0 Å². The molecule has 0 unspecified atom stereocenters. The van der Waals surface area contributed by atoms with Crippen LogP contribution >= 0.6 is 0 Å². The van der Waals surface area contributed by atoms with E-state index in [9.17, 15) is 0 Å². The fraction of sp³-hybridized carbons (Fsp3) is 0.286.